The fourth-order valence-electron chi connectivity index (χ4n) is 3.56. The van der Waals surface area contributed by atoms with Gasteiger partial charge in [-0.2, -0.15) is 0 Å². The van der Waals surface area contributed by atoms with Gasteiger partial charge in [0.2, 0.25) is 5.91 Å². The van der Waals surface area contributed by atoms with Gasteiger partial charge in [0.05, 0.1) is 0 Å². The molecular formula is C19H27FN2O. The first-order valence-electron chi connectivity index (χ1n) is 8.79. The monoisotopic (exact) mass is 318 g/mol. The van der Waals surface area contributed by atoms with Crippen molar-refractivity contribution in [1.29, 1.82) is 0 Å². The maximum atomic E-state index is 14.0. The number of likely N-dealkylation sites (tertiary alicyclic amines) is 1. The van der Waals surface area contributed by atoms with Crippen molar-refractivity contribution in [2.75, 3.05) is 19.6 Å². The van der Waals surface area contributed by atoms with Crippen molar-refractivity contribution in [3.8, 4) is 0 Å². The first kappa shape index (κ1) is 16.4. The van der Waals surface area contributed by atoms with Crippen molar-refractivity contribution >= 4 is 5.91 Å². The fourth-order valence-corrected chi connectivity index (χ4v) is 3.56. The van der Waals surface area contributed by atoms with Gasteiger partial charge in [-0.05, 0) is 62.3 Å². The number of carbonyl (C=O) groups is 1. The van der Waals surface area contributed by atoms with E-state index in [2.05, 4.69) is 10.2 Å². The zero-order valence-electron chi connectivity index (χ0n) is 14.2. The Balaban J connectivity index is 1.48. The zero-order valence-corrected chi connectivity index (χ0v) is 14.2. The molecule has 0 bridgehead atoms. The van der Waals surface area contributed by atoms with E-state index < -0.39 is 0 Å². The molecule has 0 spiro atoms. The SMILES string of the molecule is Cc1ccc(CN2CCC(CNC(=O)C3CCC3)C2)c(C)c1F. The molecule has 23 heavy (non-hydrogen) atoms. The molecule has 1 N–H and O–H groups in total. The minimum Gasteiger partial charge on any atom is -0.356 e. The molecule has 1 aromatic rings. The molecule has 2 fully saturated rings. The van der Waals surface area contributed by atoms with Gasteiger partial charge in [0.15, 0.2) is 0 Å². The van der Waals surface area contributed by atoms with Gasteiger partial charge in [0.25, 0.3) is 0 Å². The predicted molar refractivity (Wildman–Crippen MR) is 89.6 cm³/mol. The van der Waals surface area contributed by atoms with Crippen LogP contribution in [-0.4, -0.2) is 30.4 Å². The number of carbonyl (C=O) groups excluding carboxylic acids is 1. The largest absolute Gasteiger partial charge is 0.356 e. The summed E-state index contributed by atoms with van der Waals surface area (Å²) in [4.78, 5) is 14.3. The Hall–Kier alpha value is -1.42. The average molecular weight is 318 g/mol. The van der Waals surface area contributed by atoms with Gasteiger partial charge < -0.3 is 5.32 Å². The van der Waals surface area contributed by atoms with Crippen LogP contribution in [0.3, 0.4) is 0 Å². The van der Waals surface area contributed by atoms with Crippen LogP contribution in [-0.2, 0) is 11.3 Å². The molecule has 4 heteroatoms. The van der Waals surface area contributed by atoms with Crippen LogP contribution in [0.25, 0.3) is 0 Å². The second-order valence-corrected chi connectivity index (χ2v) is 7.24. The van der Waals surface area contributed by atoms with E-state index in [1.165, 1.54) is 6.42 Å². The Morgan fingerprint density at radius 2 is 2.09 bits per heavy atom. The minimum absolute atomic E-state index is 0.0778. The molecule has 1 heterocycles. The third-order valence-corrected chi connectivity index (χ3v) is 5.50. The van der Waals surface area contributed by atoms with Crippen LogP contribution < -0.4 is 5.32 Å². The van der Waals surface area contributed by atoms with E-state index in [-0.39, 0.29) is 17.6 Å². The van der Waals surface area contributed by atoms with E-state index in [4.69, 9.17) is 0 Å². The highest BCUT2D eigenvalue weighted by Crippen LogP contribution is 2.27. The van der Waals surface area contributed by atoms with E-state index in [1.54, 1.807) is 0 Å². The first-order chi connectivity index (χ1) is 11.0. The van der Waals surface area contributed by atoms with Crippen molar-refractivity contribution in [3.63, 3.8) is 0 Å². The van der Waals surface area contributed by atoms with Crippen LogP contribution in [0.15, 0.2) is 12.1 Å². The summed E-state index contributed by atoms with van der Waals surface area (Å²) in [6.45, 7) is 7.27. The quantitative estimate of drug-likeness (QED) is 0.904. The minimum atomic E-state index is -0.0778. The molecule has 1 aromatic carbocycles. The van der Waals surface area contributed by atoms with E-state index in [9.17, 15) is 9.18 Å². The number of halogens is 1. The Morgan fingerprint density at radius 1 is 1.30 bits per heavy atom. The van der Waals surface area contributed by atoms with Gasteiger partial charge in [-0.15, -0.1) is 0 Å². The van der Waals surface area contributed by atoms with E-state index in [0.29, 0.717) is 11.5 Å². The van der Waals surface area contributed by atoms with Gasteiger partial charge in [-0.25, -0.2) is 4.39 Å². The topological polar surface area (TPSA) is 32.3 Å². The number of hydrogen-bond acceptors (Lipinski definition) is 2. The number of hydrogen-bond donors (Lipinski definition) is 1. The molecule has 126 valence electrons. The molecule has 3 rings (SSSR count). The summed E-state index contributed by atoms with van der Waals surface area (Å²) in [5.41, 5.74) is 2.56. The number of nitrogens with one attached hydrogen (secondary N) is 1. The molecule has 1 atom stereocenters. The van der Waals surface area contributed by atoms with Gasteiger partial charge in [-0.1, -0.05) is 18.6 Å². The maximum absolute atomic E-state index is 14.0. The molecule has 1 aliphatic heterocycles. The van der Waals surface area contributed by atoms with Crippen LogP contribution in [0.4, 0.5) is 4.39 Å². The third kappa shape index (κ3) is 3.74. The molecule has 0 radical (unpaired) electrons. The van der Waals surface area contributed by atoms with E-state index >= 15 is 0 Å². The van der Waals surface area contributed by atoms with Crippen LogP contribution in [0, 0.1) is 31.5 Å². The van der Waals surface area contributed by atoms with E-state index in [1.807, 2.05) is 26.0 Å². The fraction of sp³-hybridized carbons (Fsp3) is 0.632. The second-order valence-electron chi connectivity index (χ2n) is 7.24. The lowest BCUT2D eigenvalue weighted by Crippen LogP contribution is -2.37. The number of aryl methyl sites for hydroxylation is 1. The summed E-state index contributed by atoms with van der Waals surface area (Å²) >= 11 is 0. The van der Waals surface area contributed by atoms with Crippen molar-refractivity contribution in [2.24, 2.45) is 11.8 Å². The lowest BCUT2D eigenvalue weighted by Gasteiger charge is -2.25. The molecule has 3 nitrogen and oxygen atoms in total. The van der Waals surface area contributed by atoms with Gasteiger partial charge in [0.1, 0.15) is 5.82 Å². The number of rotatable bonds is 5. The van der Waals surface area contributed by atoms with Gasteiger partial charge >= 0.3 is 0 Å². The molecular weight excluding hydrogens is 291 g/mol. The predicted octanol–water partition coefficient (Wildman–Crippen LogP) is 3.18. The Labute approximate surface area is 138 Å². The van der Waals surface area contributed by atoms with Crippen LogP contribution in [0.5, 0.6) is 0 Å². The van der Waals surface area contributed by atoms with Crippen LogP contribution in [0.1, 0.15) is 42.4 Å². The molecule has 2 aliphatic rings. The smallest absolute Gasteiger partial charge is 0.223 e. The number of benzene rings is 1. The number of nitrogens with zero attached hydrogens (tertiary/aromatic N) is 1. The van der Waals surface area contributed by atoms with Crippen molar-refractivity contribution in [1.82, 2.24) is 10.2 Å². The molecule has 1 aliphatic carbocycles. The van der Waals surface area contributed by atoms with Gasteiger partial charge in [0, 0.05) is 25.6 Å². The van der Waals surface area contributed by atoms with Crippen molar-refractivity contribution in [3.05, 3.63) is 34.6 Å². The van der Waals surface area contributed by atoms with E-state index in [0.717, 1.165) is 56.6 Å². The van der Waals surface area contributed by atoms with Crippen LogP contribution in [0.2, 0.25) is 0 Å². The summed E-state index contributed by atoms with van der Waals surface area (Å²) in [5, 5.41) is 3.11. The summed E-state index contributed by atoms with van der Waals surface area (Å²) in [7, 11) is 0. The highest BCUT2D eigenvalue weighted by Gasteiger charge is 2.27. The summed E-state index contributed by atoms with van der Waals surface area (Å²) in [6.07, 6.45) is 4.42. The van der Waals surface area contributed by atoms with Crippen LogP contribution >= 0.6 is 0 Å². The lowest BCUT2D eigenvalue weighted by molar-refractivity contribution is -0.127. The summed E-state index contributed by atoms with van der Waals surface area (Å²) in [6, 6.07) is 3.91. The first-order valence-corrected chi connectivity index (χ1v) is 8.79. The highest BCUT2D eigenvalue weighted by molar-refractivity contribution is 5.79. The Bertz CT molecular complexity index is 583. The Kier molecular flexibility index (Phi) is 5.00. The van der Waals surface area contributed by atoms with Crippen molar-refractivity contribution < 1.29 is 9.18 Å². The average Bonchev–Trinajstić information content (AvgIpc) is 2.92. The summed E-state index contributed by atoms with van der Waals surface area (Å²) in [5.74, 6) is 0.956. The molecule has 1 unspecified atom stereocenters. The highest BCUT2D eigenvalue weighted by atomic mass is 19.1. The molecule has 1 saturated carbocycles. The molecule has 1 amide bonds. The zero-order chi connectivity index (χ0) is 16.4. The summed E-state index contributed by atoms with van der Waals surface area (Å²) < 4.78 is 14.0. The van der Waals surface area contributed by atoms with Crippen molar-refractivity contribution in [2.45, 2.75) is 46.1 Å². The normalized spacial score (nSPS) is 22.1. The third-order valence-electron chi connectivity index (χ3n) is 5.50. The standard InChI is InChI=1S/C19H27FN2O/c1-13-6-7-17(14(2)18(13)20)12-22-9-8-15(11-22)10-21-19(23)16-4-3-5-16/h6-7,15-16H,3-5,8-12H2,1-2H3,(H,21,23). The molecule has 0 aromatic heterocycles. The second kappa shape index (κ2) is 7.00. The maximum Gasteiger partial charge on any atom is 0.223 e. The van der Waals surface area contributed by atoms with Gasteiger partial charge in [-0.3, -0.25) is 9.69 Å². The Morgan fingerprint density at radius 3 is 2.78 bits per heavy atom. The lowest BCUT2D eigenvalue weighted by atomic mass is 9.85. The molecule has 1 saturated heterocycles. The number of amides is 1.